The number of anilines is 1. The molecule has 3 aromatic rings. The molecule has 1 aromatic heterocycles. The monoisotopic (exact) mass is 353 g/mol. The van der Waals surface area contributed by atoms with Gasteiger partial charge in [-0.05, 0) is 42.3 Å². The Balaban J connectivity index is 1.82. The number of benzene rings is 2. The van der Waals surface area contributed by atoms with Gasteiger partial charge in [-0.25, -0.2) is 4.79 Å². The van der Waals surface area contributed by atoms with Crippen molar-refractivity contribution in [2.75, 3.05) is 11.9 Å². The number of aryl methyl sites for hydroxylation is 2. The van der Waals surface area contributed by atoms with Crippen molar-refractivity contribution in [3.63, 3.8) is 0 Å². The quantitative estimate of drug-likeness (QED) is 0.766. The van der Waals surface area contributed by atoms with Crippen LogP contribution in [0.4, 0.5) is 5.69 Å². The van der Waals surface area contributed by atoms with Crippen LogP contribution in [-0.2, 0) is 14.1 Å². The lowest BCUT2D eigenvalue weighted by molar-refractivity contribution is 0.102. The normalized spacial score (nSPS) is 11.1. The van der Waals surface area contributed by atoms with Crippen LogP contribution in [0.5, 0.6) is 5.75 Å². The van der Waals surface area contributed by atoms with E-state index in [0.29, 0.717) is 29.5 Å². The predicted molar refractivity (Wildman–Crippen MR) is 103 cm³/mol. The van der Waals surface area contributed by atoms with E-state index < -0.39 is 0 Å². The summed E-state index contributed by atoms with van der Waals surface area (Å²) in [6, 6.07) is 12.5. The summed E-state index contributed by atoms with van der Waals surface area (Å²) in [5.74, 6) is 0.865. The van der Waals surface area contributed by atoms with Crippen molar-refractivity contribution in [1.29, 1.82) is 0 Å². The summed E-state index contributed by atoms with van der Waals surface area (Å²) in [5, 5.41) is 2.88. The van der Waals surface area contributed by atoms with Crippen molar-refractivity contribution in [2.45, 2.75) is 13.8 Å². The van der Waals surface area contributed by atoms with Crippen molar-refractivity contribution in [3.05, 3.63) is 58.5 Å². The zero-order valence-electron chi connectivity index (χ0n) is 15.4. The second kappa shape index (κ2) is 7.07. The Morgan fingerprint density at radius 2 is 1.81 bits per heavy atom. The van der Waals surface area contributed by atoms with E-state index in [1.54, 1.807) is 53.6 Å². The Labute approximate surface area is 152 Å². The summed E-state index contributed by atoms with van der Waals surface area (Å²) in [5.41, 5.74) is 2.65. The van der Waals surface area contributed by atoms with E-state index in [9.17, 15) is 9.59 Å². The number of carbonyl (C=O) groups is 1. The highest BCUT2D eigenvalue weighted by Crippen LogP contribution is 2.20. The van der Waals surface area contributed by atoms with E-state index in [-0.39, 0.29) is 11.6 Å². The maximum Gasteiger partial charge on any atom is 0.328 e. The molecule has 0 saturated carbocycles. The molecule has 1 amide bonds. The van der Waals surface area contributed by atoms with Gasteiger partial charge in [0.15, 0.2) is 0 Å². The van der Waals surface area contributed by atoms with Gasteiger partial charge in [0.2, 0.25) is 0 Å². The maximum atomic E-state index is 12.6. The molecule has 1 N–H and O–H groups in total. The van der Waals surface area contributed by atoms with E-state index in [0.717, 1.165) is 11.0 Å². The highest BCUT2D eigenvalue weighted by Gasteiger charge is 2.11. The molecule has 0 aliphatic heterocycles. The first-order valence-electron chi connectivity index (χ1n) is 8.56. The first-order valence-corrected chi connectivity index (χ1v) is 8.56. The Morgan fingerprint density at radius 3 is 2.54 bits per heavy atom. The number of rotatable bonds is 5. The SMILES string of the molecule is CC(C)COc1cccc(C(=O)Nc2ccc3c(c2)n(C)c(=O)n3C)c1. The minimum absolute atomic E-state index is 0.0986. The third-order valence-corrected chi connectivity index (χ3v) is 4.21. The van der Waals surface area contributed by atoms with Gasteiger partial charge in [0.25, 0.3) is 5.91 Å². The maximum absolute atomic E-state index is 12.6. The van der Waals surface area contributed by atoms with E-state index >= 15 is 0 Å². The van der Waals surface area contributed by atoms with Gasteiger partial charge >= 0.3 is 5.69 Å². The average Bonchev–Trinajstić information content (AvgIpc) is 2.84. The summed E-state index contributed by atoms with van der Waals surface area (Å²) in [6.45, 7) is 4.75. The first-order chi connectivity index (χ1) is 12.4. The lowest BCUT2D eigenvalue weighted by atomic mass is 10.2. The van der Waals surface area contributed by atoms with Crippen LogP contribution in [0.25, 0.3) is 11.0 Å². The van der Waals surface area contributed by atoms with Crippen LogP contribution in [0.3, 0.4) is 0 Å². The number of carbonyl (C=O) groups excluding carboxylic acids is 1. The smallest absolute Gasteiger partial charge is 0.328 e. The fourth-order valence-electron chi connectivity index (χ4n) is 2.78. The summed E-state index contributed by atoms with van der Waals surface area (Å²) in [4.78, 5) is 24.6. The summed E-state index contributed by atoms with van der Waals surface area (Å²) < 4.78 is 8.82. The molecule has 0 saturated heterocycles. The molecule has 0 fully saturated rings. The Hall–Kier alpha value is -3.02. The van der Waals surface area contributed by atoms with Gasteiger partial charge in [0.1, 0.15) is 5.75 Å². The highest BCUT2D eigenvalue weighted by atomic mass is 16.5. The lowest BCUT2D eigenvalue weighted by Crippen LogP contribution is -2.19. The van der Waals surface area contributed by atoms with Gasteiger partial charge < -0.3 is 10.1 Å². The number of nitrogens with one attached hydrogen (secondary N) is 1. The van der Waals surface area contributed by atoms with Crippen LogP contribution in [-0.4, -0.2) is 21.6 Å². The standard InChI is InChI=1S/C20H23N3O3/c1-13(2)12-26-16-7-5-6-14(10-16)19(24)21-15-8-9-17-18(11-15)23(4)20(25)22(17)3/h5-11,13H,12H2,1-4H3,(H,21,24). The molecule has 136 valence electrons. The van der Waals surface area contributed by atoms with Crippen LogP contribution in [0.1, 0.15) is 24.2 Å². The minimum atomic E-state index is -0.222. The zero-order chi connectivity index (χ0) is 18.8. The summed E-state index contributed by atoms with van der Waals surface area (Å²) in [7, 11) is 3.44. The summed E-state index contributed by atoms with van der Waals surface area (Å²) in [6.07, 6.45) is 0. The molecule has 1 heterocycles. The van der Waals surface area contributed by atoms with Gasteiger partial charge in [-0.3, -0.25) is 13.9 Å². The Bertz CT molecular complexity index is 1010. The molecule has 0 unspecified atom stereocenters. The van der Waals surface area contributed by atoms with Crippen molar-refractivity contribution in [1.82, 2.24) is 9.13 Å². The van der Waals surface area contributed by atoms with Crippen molar-refractivity contribution in [2.24, 2.45) is 20.0 Å². The molecule has 0 atom stereocenters. The van der Waals surface area contributed by atoms with Crippen molar-refractivity contribution >= 4 is 22.6 Å². The number of nitrogens with zero attached hydrogens (tertiary/aromatic N) is 2. The molecule has 0 bridgehead atoms. The predicted octanol–water partition coefficient (Wildman–Crippen LogP) is 3.16. The molecule has 0 radical (unpaired) electrons. The number of ether oxygens (including phenoxy) is 1. The molecule has 3 rings (SSSR count). The van der Waals surface area contributed by atoms with Crippen LogP contribution in [0.15, 0.2) is 47.3 Å². The second-order valence-electron chi connectivity index (χ2n) is 6.79. The van der Waals surface area contributed by atoms with Gasteiger partial charge in [0, 0.05) is 25.3 Å². The zero-order valence-corrected chi connectivity index (χ0v) is 15.4. The minimum Gasteiger partial charge on any atom is -0.493 e. The van der Waals surface area contributed by atoms with E-state index in [1.165, 1.54) is 0 Å². The van der Waals surface area contributed by atoms with Gasteiger partial charge in [-0.2, -0.15) is 0 Å². The molecular formula is C20H23N3O3. The van der Waals surface area contributed by atoms with E-state index in [1.807, 2.05) is 12.1 Å². The molecule has 6 heteroatoms. The van der Waals surface area contributed by atoms with Crippen molar-refractivity contribution < 1.29 is 9.53 Å². The van der Waals surface area contributed by atoms with Crippen molar-refractivity contribution in [3.8, 4) is 5.75 Å². The molecule has 6 nitrogen and oxygen atoms in total. The molecule has 0 aliphatic rings. The fourth-order valence-corrected chi connectivity index (χ4v) is 2.78. The lowest BCUT2D eigenvalue weighted by Gasteiger charge is -2.10. The molecule has 26 heavy (non-hydrogen) atoms. The molecule has 2 aromatic carbocycles. The van der Waals surface area contributed by atoms with Gasteiger partial charge in [-0.1, -0.05) is 19.9 Å². The number of aromatic nitrogens is 2. The van der Waals surface area contributed by atoms with Gasteiger partial charge in [0.05, 0.1) is 17.6 Å². The summed E-state index contributed by atoms with van der Waals surface area (Å²) >= 11 is 0. The fraction of sp³-hybridized carbons (Fsp3) is 0.300. The van der Waals surface area contributed by atoms with E-state index in [2.05, 4.69) is 19.2 Å². The highest BCUT2D eigenvalue weighted by molar-refractivity contribution is 6.05. The molecular weight excluding hydrogens is 330 g/mol. The van der Waals surface area contributed by atoms with E-state index in [4.69, 9.17) is 4.74 Å². The molecule has 0 aliphatic carbocycles. The largest absolute Gasteiger partial charge is 0.493 e. The van der Waals surface area contributed by atoms with Crippen LogP contribution in [0.2, 0.25) is 0 Å². The molecule has 0 spiro atoms. The number of hydrogen-bond acceptors (Lipinski definition) is 3. The third kappa shape index (κ3) is 3.49. The number of amides is 1. The average molecular weight is 353 g/mol. The topological polar surface area (TPSA) is 65.3 Å². The van der Waals surface area contributed by atoms with Crippen LogP contribution < -0.4 is 15.7 Å². The van der Waals surface area contributed by atoms with Gasteiger partial charge in [-0.15, -0.1) is 0 Å². The number of imidazole rings is 1. The van der Waals surface area contributed by atoms with Crippen LogP contribution in [0, 0.1) is 5.92 Å². The number of fused-ring (bicyclic) bond motifs is 1. The third-order valence-electron chi connectivity index (χ3n) is 4.21. The Morgan fingerprint density at radius 1 is 1.08 bits per heavy atom. The number of hydrogen-bond donors (Lipinski definition) is 1. The second-order valence-corrected chi connectivity index (χ2v) is 6.79. The first kappa shape index (κ1) is 17.8. The van der Waals surface area contributed by atoms with Crippen LogP contribution >= 0.6 is 0 Å². The Kier molecular flexibility index (Phi) is 4.84.